The fourth-order valence-corrected chi connectivity index (χ4v) is 1.96. The number of carbonyl (C=O) groups excluding carboxylic acids is 2. The molecule has 0 aromatic carbocycles. The molecule has 2 aliphatic rings. The van der Waals surface area contributed by atoms with E-state index in [1.54, 1.807) is 4.90 Å². The van der Waals surface area contributed by atoms with Crippen molar-refractivity contribution >= 4 is 11.9 Å². The molecule has 1 aliphatic heterocycles. The van der Waals surface area contributed by atoms with Crippen molar-refractivity contribution in [2.45, 2.75) is 32.2 Å². The van der Waals surface area contributed by atoms with E-state index in [1.165, 1.54) is 19.3 Å². The molecule has 13 heavy (non-hydrogen) atoms. The van der Waals surface area contributed by atoms with E-state index >= 15 is 0 Å². The second kappa shape index (κ2) is 3.01. The molecule has 0 radical (unpaired) electrons. The molecule has 0 bridgehead atoms. The van der Waals surface area contributed by atoms with Crippen molar-refractivity contribution < 1.29 is 9.59 Å². The van der Waals surface area contributed by atoms with Crippen LogP contribution < -0.4 is 5.32 Å². The molecule has 1 saturated heterocycles. The van der Waals surface area contributed by atoms with E-state index in [2.05, 4.69) is 5.32 Å². The molecular weight excluding hydrogens is 168 g/mol. The average molecular weight is 182 g/mol. The summed E-state index contributed by atoms with van der Waals surface area (Å²) in [6.45, 7) is 2.28. The largest absolute Gasteiger partial charge is 0.324 e. The van der Waals surface area contributed by atoms with E-state index in [0.717, 1.165) is 0 Å². The van der Waals surface area contributed by atoms with Crippen molar-refractivity contribution in [2.75, 3.05) is 6.54 Å². The molecule has 2 rings (SSSR count). The minimum Gasteiger partial charge on any atom is -0.312 e. The molecular formula is C9H14N2O2. The van der Waals surface area contributed by atoms with Crippen LogP contribution >= 0.6 is 0 Å². The van der Waals surface area contributed by atoms with E-state index < -0.39 is 0 Å². The highest BCUT2D eigenvalue weighted by Gasteiger charge is 2.36. The highest BCUT2D eigenvalue weighted by molar-refractivity contribution is 6.02. The van der Waals surface area contributed by atoms with Crippen LogP contribution in [0.1, 0.15) is 26.2 Å². The molecule has 0 aromatic rings. The standard InChI is InChI=1S/C9H14N2O2/c1-6(7-3-2-4-7)11-5-8(12)10-9(11)13/h6-7H,2-5H2,1H3,(H,10,12,13). The zero-order valence-corrected chi connectivity index (χ0v) is 7.75. The van der Waals surface area contributed by atoms with Gasteiger partial charge in [0, 0.05) is 6.04 Å². The predicted molar refractivity (Wildman–Crippen MR) is 47.0 cm³/mol. The van der Waals surface area contributed by atoms with Crippen molar-refractivity contribution in [3.63, 3.8) is 0 Å². The van der Waals surface area contributed by atoms with Gasteiger partial charge in [0.05, 0.1) is 0 Å². The molecule has 1 heterocycles. The Kier molecular flexibility index (Phi) is 1.98. The number of amides is 3. The van der Waals surface area contributed by atoms with Gasteiger partial charge in [-0.2, -0.15) is 0 Å². The third-order valence-corrected chi connectivity index (χ3v) is 3.14. The van der Waals surface area contributed by atoms with Gasteiger partial charge >= 0.3 is 6.03 Å². The van der Waals surface area contributed by atoms with Crippen LogP contribution in [0.3, 0.4) is 0 Å². The third kappa shape index (κ3) is 1.41. The van der Waals surface area contributed by atoms with Crippen LogP contribution in [0.2, 0.25) is 0 Å². The summed E-state index contributed by atoms with van der Waals surface area (Å²) in [5.41, 5.74) is 0. The normalized spacial score (nSPS) is 25.8. The number of hydrogen-bond donors (Lipinski definition) is 1. The van der Waals surface area contributed by atoms with Crippen molar-refractivity contribution in [3.05, 3.63) is 0 Å². The molecule has 1 N–H and O–H groups in total. The van der Waals surface area contributed by atoms with Crippen LogP contribution in [0.25, 0.3) is 0 Å². The Morgan fingerprint density at radius 2 is 2.15 bits per heavy atom. The fourth-order valence-electron chi connectivity index (χ4n) is 1.96. The van der Waals surface area contributed by atoms with E-state index in [4.69, 9.17) is 0 Å². The maximum absolute atomic E-state index is 11.3. The first-order valence-corrected chi connectivity index (χ1v) is 4.79. The number of nitrogens with one attached hydrogen (secondary N) is 1. The molecule has 72 valence electrons. The van der Waals surface area contributed by atoms with Gasteiger partial charge in [-0.1, -0.05) is 6.42 Å². The van der Waals surface area contributed by atoms with Crippen LogP contribution in [0, 0.1) is 5.92 Å². The van der Waals surface area contributed by atoms with Crippen molar-refractivity contribution in [1.82, 2.24) is 10.2 Å². The monoisotopic (exact) mass is 182 g/mol. The summed E-state index contributed by atoms with van der Waals surface area (Å²) in [6, 6.07) is 0.00426. The van der Waals surface area contributed by atoms with Gasteiger partial charge in [-0.25, -0.2) is 4.79 Å². The Labute approximate surface area is 77.3 Å². The number of urea groups is 1. The average Bonchev–Trinajstić information content (AvgIpc) is 2.26. The smallest absolute Gasteiger partial charge is 0.312 e. The van der Waals surface area contributed by atoms with Gasteiger partial charge in [0.25, 0.3) is 0 Å². The predicted octanol–water partition coefficient (Wildman–Crippen LogP) is 0.727. The molecule has 1 saturated carbocycles. The minimum absolute atomic E-state index is 0.170. The van der Waals surface area contributed by atoms with Crippen LogP contribution in [-0.2, 0) is 4.79 Å². The van der Waals surface area contributed by atoms with Crippen molar-refractivity contribution in [1.29, 1.82) is 0 Å². The Hall–Kier alpha value is -1.06. The highest BCUT2D eigenvalue weighted by Crippen LogP contribution is 2.32. The summed E-state index contributed by atoms with van der Waals surface area (Å²) >= 11 is 0. The van der Waals surface area contributed by atoms with Gasteiger partial charge in [0.15, 0.2) is 0 Å². The molecule has 3 amide bonds. The van der Waals surface area contributed by atoms with Crippen LogP contribution in [0.15, 0.2) is 0 Å². The van der Waals surface area contributed by atoms with Gasteiger partial charge in [-0.3, -0.25) is 10.1 Å². The summed E-state index contributed by atoms with van der Waals surface area (Å²) < 4.78 is 0. The first-order chi connectivity index (χ1) is 6.18. The van der Waals surface area contributed by atoms with Crippen molar-refractivity contribution in [3.8, 4) is 0 Å². The van der Waals surface area contributed by atoms with E-state index in [-0.39, 0.29) is 24.5 Å². The quantitative estimate of drug-likeness (QED) is 0.640. The van der Waals surface area contributed by atoms with Crippen LogP contribution in [0.5, 0.6) is 0 Å². The van der Waals surface area contributed by atoms with Gasteiger partial charge in [-0.15, -0.1) is 0 Å². The molecule has 1 aliphatic carbocycles. The van der Waals surface area contributed by atoms with Gasteiger partial charge in [0.2, 0.25) is 5.91 Å². The molecule has 0 spiro atoms. The molecule has 4 heteroatoms. The third-order valence-electron chi connectivity index (χ3n) is 3.14. The van der Waals surface area contributed by atoms with Crippen LogP contribution in [0.4, 0.5) is 4.79 Å². The summed E-state index contributed by atoms with van der Waals surface area (Å²) in [4.78, 5) is 23.8. The number of nitrogens with zero attached hydrogens (tertiary/aromatic N) is 1. The van der Waals surface area contributed by atoms with Gasteiger partial charge in [0.1, 0.15) is 6.54 Å². The van der Waals surface area contributed by atoms with Gasteiger partial charge in [-0.05, 0) is 25.7 Å². The number of imide groups is 1. The molecule has 1 unspecified atom stereocenters. The van der Waals surface area contributed by atoms with Crippen molar-refractivity contribution in [2.24, 2.45) is 5.92 Å². The Morgan fingerprint density at radius 1 is 1.46 bits per heavy atom. The number of carbonyl (C=O) groups is 2. The Bertz CT molecular complexity index is 248. The second-order valence-electron chi connectivity index (χ2n) is 3.91. The molecule has 4 nitrogen and oxygen atoms in total. The van der Waals surface area contributed by atoms with Crippen LogP contribution in [-0.4, -0.2) is 29.4 Å². The van der Waals surface area contributed by atoms with E-state index in [9.17, 15) is 9.59 Å². The lowest BCUT2D eigenvalue weighted by Crippen LogP contribution is -2.42. The topological polar surface area (TPSA) is 49.4 Å². The van der Waals surface area contributed by atoms with E-state index in [1.807, 2.05) is 6.92 Å². The summed E-state index contributed by atoms with van der Waals surface area (Å²) in [5.74, 6) is 0.438. The lowest BCUT2D eigenvalue weighted by Gasteiger charge is -2.36. The maximum Gasteiger partial charge on any atom is 0.324 e. The highest BCUT2D eigenvalue weighted by atomic mass is 16.2. The number of hydrogen-bond acceptors (Lipinski definition) is 2. The Balaban J connectivity index is 1.99. The van der Waals surface area contributed by atoms with Gasteiger partial charge < -0.3 is 4.90 Å². The Morgan fingerprint density at radius 3 is 2.54 bits per heavy atom. The lowest BCUT2D eigenvalue weighted by molar-refractivity contribution is -0.118. The zero-order valence-electron chi connectivity index (χ0n) is 7.75. The molecule has 0 aromatic heterocycles. The zero-order chi connectivity index (χ0) is 9.42. The second-order valence-corrected chi connectivity index (χ2v) is 3.91. The lowest BCUT2D eigenvalue weighted by atomic mass is 9.80. The first-order valence-electron chi connectivity index (χ1n) is 4.79. The summed E-state index contributed by atoms with van der Waals surface area (Å²) in [5, 5.41) is 2.30. The minimum atomic E-state index is -0.218. The maximum atomic E-state index is 11.3. The molecule has 1 atom stereocenters. The summed E-state index contributed by atoms with van der Waals surface area (Å²) in [6.07, 6.45) is 3.65. The fraction of sp³-hybridized carbons (Fsp3) is 0.778. The number of rotatable bonds is 2. The summed E-state index contributed by atoms with van der Waals surface area (Å²) in [7, 11) is 0. The first kappa shape index (κ1) is 8.53. The SMILES string of the molecule is CC(C1CCC1)N1CC(=O)NC1=O. The molecule has 2 fully saturated rings. The van der Waals surface area contributed by atoms with E-state index in [0.29, 0.717) is 5.92 Å².